The number of nitrogens with zero attached hydrogens (tertiary/aromatic N) is 2. The fourth-order valence-electron chi connectivity index (χ4n) is 3.02. The minimum Gasteiger partial charge on any atom is -0.273 e. The predicted octanol–water partition coefficient (Wildman–Crippen LogP) is 3.73. The summed E-state index contributed by atoms with van der Waals surface area (Å²) in [5.74, 6) is 0.271. The van der Waals surface area contributed by atoms with Crippen LogP contribution in [0.5, 0.6) is 0 Å². The lowest BCUT2D eigenvalue weighted by Crippen LogP contribution is -2.31. The third kappa shape index (κ3) is 2.76. The van der Waals surface area contributed by atoms with Crippen molar-refractivity contribution in [2.75, 3.05) is 0 Å². The van der Waals surface area contributed by atoms with Crippen molar-refractivity contribution in [2.45, 2.75) is 24.9 Å². The number of fused-ring (bicyclic) bond motifs is 1. The molecular weight excluding hydrogens is 415 g/mol. The number of halogens is 4. The zero-order chi connectivity index (χ0) is 18.6. The summed E-state index contributed by atoms with van der Waals surface area (Å²) in [5, 5.41) is 0.123. The Labute approximate surface area is 152 Å². The normalized spacial score (nSPS) is 14.8. The molecule has 0 amide bonds. The molecular formula is C17H11BrF3N3O2. The zero-order valence-corrected chi connectivity index (χ0v) is 14.7. The van der Waals surface area contributed by atoms with E-state index < -0.39 is 28.8 Å². The van der Waals surface area contributed by atoms with Crippen LogP contribution in [0.4, 0.5) is 13.2 Å². The number of pyridine rings is 1. The lowest BCUT2D eigenvalue weighted by atomic mass is 10.1. The highest BCUT2D eigenvalue weighted by Gasteiger charge is 2.36. The molecule has 9 heteroatoms. The Morgan fingerprint density at radius 2 is 1.96 bits per heavy atom. The van der Waals surface area contributed by atoms with E-state index in [2.05, 4.69) is 25.9 Å². The van der Waals surface area contributed by atoms with E-state index in [-0.39, 0.29) is 16.8 Å². The number of nitrogens with one attached hydrogen (secondary N) is 1. The van der Waals surface area contributed by atoms with Gasteiger partial charge in [0, 0.05) is 10.7 Å². The SMILES string of the molecule is O=c1[nH]c(=O)n(-c2cccnc2C(F)(F)F)c2cc(C3CC3)c(Br)cc12. The average molecular weight is 426 g/mol. The fraction of sp³-hybridized carbons (Fsp3) is 0.235. The van der Waals surface area contributed by atoms with E-state index in [4.69, 9.17) is 0 Å². The minimum atomic E-state index is -4.74. The molecule has 0 unspecified atom stereocenters. The molecule has 1 N–H and O–H groups in total. The summed E-state index contributed by atoms with van der Waals surface area (Å²) >= 11 is 3.41. The number of rotatable bonds is 2. The molecule has 4 rings (SSSR count). The Morgan fingerprint density at radius 3 is 2.62 bits per heavy atom. The van der Waals surface area contributed by atoms with Crippen molar-refractivity contribution >= 4 is 26.8 Å². The number of aromatic nitrogens is 3. The molecule has 1 aromatic carbocycles. The van der Waals surface area contributed by atoms with Crippen molar-refractivity contribution in [3.63, 3.8) is 0 Å². The number of hydrogen-bond donors (Lipinski definition) is 1. The van der Waals surface area contributed by atoms with Crippen LogP contribution in [0.1, 0.15) is 30.0 Å². The van der Waals surface area contributed by atoms with Crippen LogP contribution < -0.4 is 11.2 Å². The number of benzene rings is 1. The van der Waals surface area contributed by atoms with Crippen LogP contribution in [0.25, 0.3) is 16.6 Å². The first-order valence-corrected chi connectivity index (χ1v) is 8.58. The Bertz CT molecular complexity index is 1150. The van der Waals surface area contributed by atoms with Gasteiger partial charge in [-0.05, 0) is 48.6 Å². The van der Waals surface area contributed by atoms with Crippen LogP contribution in [0.2, 0.25) is 0 Å². The standard InChI is InChI=1S/C17H11BrF3N3O2/c18-11-6-10-13(7-9(11)8-3-4-8)24(16(26)23-15(10)25)12-2-1-5-22-14(12)17(19,20)21/h1-2,5-8H,3-4H2,(H,23,25,26). The summed E-state index contributed by atoms with van der Waals surface area (Å²) in [6.07, 6.45) is -1.82. The van der Waals surface area contributed by atoms with E-state index in [0.29, 0.717) is 4.47 Å². The lowest BCUT2D eigenvalue weighted by molar-refractivity contribution is -0.141. The smallest absolute Gasteiger partial charge is 0.273 e. The molecule has 26 heavy (non-hydrogen) atoms. The number of H-pyrrole nitrogens is 1. The van der Waals surface area contributed by atoms with Gasteiger partial charge < -0.3 is 0 Å². The second kappa shape index (κ2) is 5.80. The first-order valence-electron chi connectivity index (χ1n) is 7.78. The zero-order valence-electron chi connectivity index (χ0n) is 13.1. The Balaban J connectivity index is 2.13. The van der Waals surface area contributed by atoms with E-state index in [1.807, 2.05) is 0 Å². The van der Waals surface area contributed by atoms with Crippen molar-refractivity contribution in [2.24, 2.45) is 0 Å². The molecule has 0 saturated heterocycles. The maximum Gasteiger partial charge on any atom is 0.435 e. The Hall–Kier alpha value is -2.42. The van der Waals surface area contributed by atoms with Gasteiger partial charge in [0.15, 0.2) is 5.69 Å². The van der Waals surface area contributed by atoms with Crippen LogP contribution in [0, 0.1) is 0 Å². The molecule has 0 atom stereocenters. The van der Waals surface area contributed by atoms with Gasteiger partial charge in [-0.25, -0.2) is 9.78 Å². The summed E-state index contributed by atoms with van der Waals surface area (Å²) < 4.78 is 41.7. The van der Waals surface area contributed by atoms with Gasteiger partial charge in [-0.3, -0.25) is 14.3 Å². The van der Waals surface area contributed by atoms with Gasteiger partial charge in [0.2, 0.25) is 0 Å². The highest BCUT2D eigenvalue weighted by Crippen LogP contribution is 2.44. The molecule has 0 spiro atoms. The summed E-state index contributed by atoms with van der Waals surface area (Å²) in [4.78, 5) is 30.1. The highest BCUT2D eigenvalue weighted by molar-refractivity contribution is 9.10. The summed E-state index contributed by atoms with van der Waals surface area (Å²) in [5.41, 5.74) is -2.20. The van der Waals surface area contributed by atoms with Crippen LogP contribution >= 0.6 is 15.9 Å². The van der Waals surface area contributed by atoms with Crippen molar-refractivity contribution in [1.82, 2.24) is 14.5 Å². The van der Waals surface area contributed by atoms with E-state index in [9.17, 15) is 22.8 Å². The van der Waals surface area contributed by atoms with Gasteiger partial charge in [0.05, 0.1) is 16.6 Å². The van der Waals surface area contributed by atoms with Crippen molar-refractivity contribution in [3.8, 4) is 5.69 Å². The molecule has 1 aliphatic rings. The summed E-state index contributed by atoms with van der Waals surface area (Å²) in [6, 6.07) is 5.63. The molecule has 1 saturated carbocycles. The van der Waals surface area contributed by atoms with E-state index in [1.54, 1.807) is 12.1 Å². The first kappa shape index (κ1) is 17.0. The van der Waals surface area contributed by atoms with E-state index in [0.717, 1.165) is 35.2 Å². The second-order valence-electron chi connectivity index (χ2n) is 6.13. The van der Waals surface area contributed by atoms with Crippen LogP contribution in [-0.4, -0.2) is 14.5 Å². The fourth-order valence-corrected chi connectivity index (χ4v) is 3.68. The maximum absolute atomic E-state index is 13.4. The number of hydrogen-bond acceptors (Lipinski definition) is 3. The molecule has 5 nitrogen and oxygen atoms in total. The molecule has 2 heterocycles. The van der Waals surface area contributed by atoms with E-state index >= 15 is 0 Å². The monoisotopic (exact) mass is 425 g/mol. The molecule has 134 valence electrons. The molecule has 0 bridgehead atoms. The largest absolute Gasteiger partial charge is 0.435 e. The Kier molecular flexibility index (Phi) is 3.80. The highest BCUT2D eigenvalue weighted by atomic mass is 79.9. The first-order chi connectivity index (χ1) is 12.3. The van der Waals surface area contributed by atoms with Crippen molar-refractivity contribution < 1.29 is 13.2 Å². The van der Waals surface area contributed by atoms with E-state index in [1.165, 1.54) is 6.07 Å². The van der Waals surface area contributed by atoms with Gasteiger partial charge >= 0.3 is 11.9 Å². The quantitative estimate of drug-likeness (QED) is 0.679. The van der Waals surface area contributed by atoms with Crippen LogP contribution in [0.15, 0.2) is 44.5 Å². The third-order valence-corrected chi connectivity index (χ3v) is 5.02. The lowest BCUT2D eigenvalue weighted by Gasteiger charge is -2.16. The Morgan fingerprint density at radius 1 is 1.23 bits per heavy atom. The van der Waals surface area contributed by atoms with Crippen molar-refractivity contribution in [1.29, 1.82) is 0 Å². The predicted molar refractivity (Wildman–Crippen MR) is 92.6 cm³/mol. The number of alkyl halides is 3. The third-order valence-electron chi connectivity index (χ3n) is 4.34. The average Bonchev–Trinajstić information content (AvgIpc) is 3.39. The second-order valence-corrected chi connectivity index (χ2v) is 6.98. The van der Waals surface area contributed by atoms with Crippen LogP contribution in [0.3, 0.4) is 0 Å². The molecule has 3 aromatic rings. The van der Waals surface area contributed by atoms with Crippen LogP contribution in [-0.2, 0) is 6.18 Å². The molecule has 0 radical (unpaired) electrons. The van der Waals surface area contributed by atoms with Gasteiger partial charge in [0.1, 0.15) is 0 Å². The van der Waals surface area contributed by atoms with Gasteiger partial charge in [0.25, 0.3) is 5.56 Å². The molecule has 1 aliphatic carbocycles. The van der Waals surface area contributed by atoms with Crippen molar-refractivity contribution in [3.05, 3.63) is 67.0 Å². The number of aromatic amines is 1. The molecule has 0 aliphatic heterocycles. The topological polar surface area (TPSA) is 67.8 Å². The summed E-state index contributed by atoms with van der Waals surface area (Å²) in [6.45, 7) is 0. The van der Waals surface area contributed by atoms with Gasteiger partial charge in [-0.15, -0.1) is 0 Å². The molecule has 2 aromatic heterocycles. The minimum absolute atomic E-state index is 0.123. The maximum atomic E-state index is 13.4. The molecule has 1 fully saturated rings. The van der Waals surface area contributed by atoms with Gasteiger partial charge in [-0.2, -0.15) is 13.2 Å². The van der Waals surface area contributed by atoms with Gasteiger partial charge in [-0.1, -0.05) is 15.9 Å². The summed E-state index contributed by atoms with van der Waals surface area (Å²) in [7, 11) is 0.